The summed E-state index contributed by atoms with van der Waals surface area (Å²) in [6, 6.07) is 0. The van der Waals surface area contributed by atoms with Crippen molar-refractivity contribution in [1.82, 2.24) is 0 Å². The van der Waals surface area contributed by atoms with Crippen LogP contribution in [0, 0.1) is 5.92 Å². The first-order valence-electron chi connectivity index (χ1n) is 3.62. The first kappa shape index (κ1) is 9.38. The van der Waals surface area contributed by atoms with Gasteiger partial charge in [0.05, 0.1) is 12.8 Å². The fourth-order valence-corrected chi connectivity index (χ4v) is 2.35. The average Bonchev–Trinajstić information content (AvgIpc) is 2.45. The number of nitrogens with zero attached hydrogens (tertiary/aromatic N) is 1. The second-order valence-electron chi connectivity index (χ2n) is 2.58. The van der Waals surface area contributed by atoms with Crippen LogP contribution >= 0.6 is 11.8 Å². The molecule has 4 nitrogen and oxygen atoms in total. The molecule has 1 N–H and O–H groups in total. The lowest BCUT2D eigenvalue weighted by molar-refractivity contribution is -0.142. The highest BCUT2D eigenvalue weighted by molar-refractivity contribution is 8.01. The topological polar surface area (TPSA) is 58.9 Å². The molecule has 1 rings (SSSR count). The van der Waals surface area contributed by atoms with Gasteiger partial charge >= 0.3 is 5.97 Å². The maximum atomic E-state index is 11.1. The van der Waals surface area contributed by atoms with Crippen LogP contribution in [0.25, 0.3) is 0 Å². The molecule has 5 heteroatoms. The van der Waals surface area contributed by atoms with Crippen LogP contribution in [0.2, 0.25) is 0 Å². The monoisotopic (exact) mass is 189 g/mol. The van der Waals surface area contributed by atoms with E-state index in [2.05, 4.69) is 9.89 Å². The van der Waals surface area contributed by atoms with E-state index in [0.717, 1.165) is 0 Å². The molecule has 0 saturated carbocycles. The van der Waals surface area contributed by atoms with E-state index >= 15 is 0 Å². The number of methoxy groups -OCH3 is 1. The van der Waals surface area contributed by atoms with Crippen LogP contribution in [0.1, 0.15) is 6.92 Å². The van der Waals surface area contributed by atoms with Crippen molar-refractivity contribution >= 4 is 23.4 Å². The van der Waals surface area contributed by atoms with Gasteiger partial charge in [-0.15, -0.1) is 0 Å². The molecule has 2 atom stereocenters. The molecule has 0 amide bonds. The van der Waals surface area contributed by atoms with Gasteiger partial charge in [-0.25, -0.2) is 0 Å². The van der Waals surface area contributed by atoms with E-state index in [1.807, 2.05) is 6.92 Å². The Bertz CT molecular complexity index is 217. The smallest absolute Gasteiger partial charge is 0.315 e. The normalized spacial score (nSPS) is 32.3. The van der Waals surface area contributed by atoms with Crippen molar-refractivity contribution in [2.75, 3.05) is 12.9 Å². The molecule has 0 spiro atoms. The molecule has 1 aliphatic rings. The summed E-state index contributed by atoms with van der Waals surface area (Å²) >= 11 is 1.59. The summed E-state index contributed by atoms with van der Waals surface area (Å²) in [5, 5.41) is 11.8. The number of oxime groups is 1. The third-order valence-corrected chi connectivity index (χ3v) is 3.15. The van der Waals surface area contributed by atoms with Crippen LogP contribution in [-0.4, -0.2) is 35.0 Å². The molecule has 0 radical (unpaired) electrons. The Morgan fingerprint density at radius 1 is 1.83 bits per heavy atom. The molecular formula is C7H11NO3S. The van der Waals surface area contributed by atoms with E-state index in [4.69, 9.17) is 5.21 Å². The van der Waals surface area contributed by atoms with E-state index in [1.54, 1.807) is 11.8 Å². The standard InChI is InChI=1S/C7H11NO3S/c1-4-6(8-10)5(3-12-4)7(9)11-2/h4-5,10H,3H2,1-2H3/b8-6-. The van der Waals surface area contributed by atoms with Crippen molar-refractivity contribution < 1.29 is 14.7 Å². The minimum Gasteiger partial charge on any atom is -0.468 e. The Labute approximate surface area is 75.0 Å². The van der Waals surface area contributed by atoms with Gasteiger partial charge in [-0.05, 0) is 6.92 Å². The maximum absolute atomic E-state index is 11.1. The SMILES string of the molecule is COC(=O)C1CSC(C)/C1=N/O. The molecule has 1 heterocycles. The quantitative estimate of drug-likeness (QED) is 0.375. The number of carbonyl (C=O) groups excluding carboxylic acids is 1. The summed E-state index contributed by atoms with van der Waals surface area (Å²) in [5.74, 6) is -0.0348. The zero-order valence-electron chi connectivity index (χ0n) is 6.98. The highest BCUT2D eigenvalue weighted by Crippen LogP contribution is 2.29. The van der Waals surface area contributed by atoms with Crippen molar-refractivity contribution in [3.63, 3.8) is 0 Å². The van der Waals surface area contributed by atoms with Gasteiger partial charge in [0.1, 0.15) is 5.92 Å². The van der Waals surface area contributed by atoms with Gasteiger partial charge < -0.3 is 9.94 Å². The van der Waals surface area contributed by atoms with Crippen LogP contribution in [0.15, 0.2) is 5.16 Å². The lowest BCUT2D eigenvalue weighted by atomic mass is 10.0. The van der Waals surface area contributed by atoms with Crippen LogP contribution in [0.4, 0.5) is 0 Å². The number of esters is 1. The number of rotatable bonds is 1. The first-order chi connectivity index (χ1) is 5.70. The summed E-state index contributed by atoms with van der Waals surface area (Å²) in [6.45, 7) is 1.91. The van der Waals surface area contributed by atoms with Crippen molar-refractivity contribution in [2.24, 2.45) is 11.1 Å². The second-order valence-corrected chi connectivity index (χ2v) is 3.95. The zero-order valence-corrected chi connectivity index (χ0v) is 7.80. The number of hydrogen-bond acceptors (Lipinski definition) is 5. The first-order valence-corrected chi connectivity index (χ1v) is 4.66. The van der Waals surface area contributed by atoms with Crippen LogP contribution in [0.5, 0.6) is 0 Å². The van der Waals surface area contributed by atoms with E-state index in [0.29, 0.717) is 11.5 Å². The largest absolute Gasteiger partial charge is 0.468 e. The molecule has 0 aromatic heterocycles. The fraction of sp³-hybridized carbons (Fsp3) is 0.714. The predicted molar refractivity (Wildman–Crippen MR) is 46.6 cm³/mol. The third kappa shape index (κ3) is 1.55. The number of ether oxygens (including phenoxy) is 1. The molecule has 1 saturated heterocycles. The summed E-state index contributed by atoms with van der Waals surface area (Å²) in [6.07, 6.45) is 0. The van der Waals surface area contributed by atoms with Gasteiger partial charge in [0, 0.05) is 11.0 Å². The summed E-state index contributed by atoms with van der Waals surface area (Å²) in [5.41, 5.74) is 0.520. The molecular weight excluding hydrogens is 178 g/mol. The molecule has 1 fully saturated rings. The summed E-state index contributed by atoms with van der Waals surface area (Å²) < 4.78 is 4.57. The van der Waals surface area contributed by atoms with Crippen LogP contribution < -0.4 is 0 Å². The van der Waals surface area contributed by atoms with Crippen LogP contribution in [0.3, 0.4) is 0 Å². The molecule has 1 aliphatic heterocycles. The molecule has 2 unspecified atom stereocenters. The summed E-state index contributed by atoms with van der Waals surface area (Å²) in [4.78, 5) is 11.1. The average molecular weight is 189 g/mol. The van der Waals surface area contributed by atoms with E-state index in [-0.39, 0.29) is 17.1 Å². The highest BCUT2D eigenvalue weighted by atomic mass is 32.2. The lowest BCUT2D eigenvalue weighted by Crippen LogP contribution is -2.26. The van der Waals surface area contributed by atoms with Crippen LogP contribution in [-0.2, 0) is 9.53 Å². The maximum Gasteiger partial charge on any atom is 0.315 e. The molecule has 0 bridgehead atoms. The van der Waals surface area contributed by atoms with Crippen molar-refractivity contribution in [3.8, 4) is 0 Å². The fourth-order valence-electron chi connectivity index (χ4n) is 1.18. The van der Waals surface area contributed by atoms with Gasteiger partial charge in [0.2, 0.25) is 0 Å². The number of hydrogen-bond donors (Lipinski definition) is 1. The molecule has 12 heavy (non-hydrogen) atoms. The molecule has 0 aromatic carbocycles. The van der Waals surface area contributed by atoms with E-state index < -0.39 is 0 Å². The Hall–Kier alpha value is -0.710. The number of carbonyl (C=O) groups is 1. The summed E-state index contributed by atoms with van der Waals surface area (Å²) in [7, 11) is 1.34. The van der Waals surface area contributed by atoms with Gasteiger partial charge in [-0.3, -0.25) is 4.79 Å². The third-order valence-electron chi connectivity index (χ3n) is 1.89. The van der Waals surface area contributed by atoms with Gasteiger partial charge in [-0.2, -0.15) is 11.8 Å². The Balaban J connectivity index is 2.74. The Morgan fingerprint density at radius 2 is 2.50 bits per heavy atom. The Kier molecular flexibility index (Phi) is 2.97. The van der Waals surface area contributed by atoms with Crippen molar-refractivity contribution in [1.29, 1.82) is 0 Å². The van der Waals surface area contributed by atoms with Crippen molar-refractivity contribution in [2.45, 2.75) is 12.2 Å². The lowest BCUT2D eigenvalue weighted by Gasteiger charge is -2.06. The Morgan fingerprint density at radius 3 is 3.00 bits per heavy atom. The highest BCUT2D eigenvalue weighted by Gasteiger charge is 2.36. The van der Waals surface area contributed by atoms with E-state index in [1.165, 1.54) is 7.11 Å². The molecule has 68 valence electrons. The van der Waals surface area contributed by atoms with Gasteiger partial charge in [0.25, 0.3) is 0 Å². The van der Waals surface area contributed by atoms with Gasteiger partial charge in [-0.1, -0.05) is 5.16 Å². The second kappa shape index (κ2) is 3.80. The minimum atomic E-state index is -0.361. The minimum absolute atomic E-state index is 0.110. The zero-order chi connectivity index (χ0) is 9.14. The number of thioether (sulfide) groups is 1. The molecule has 0 aromatic rings. The predicted octanol–water partition coefficient (Wildman–Crippen LogP) is 0.741. The molecule has 0 aliphatic carbocycles. The van der Waals surface area contributed by atoms with E-state index in [9.17, 15) is 4.79 Å². The van der Waals surface area contributed by atoms with Crippen molar-refractivity contribution in [3.05, 3.63) is 0 Å². The van der Waals surface area contributed by atoms with Gasteiger partial charge in [0.15, 0.2) is 0 Å².